The SMILES string of the molecule is Cc1ccc(CNCc2ccc3c(c2)OCCO3)nc1. The van der Waals surface area contributed by atoms with E-state index >= 15 is 0 Å². The highest BCUT2D eigenvalue weighted by Gasteiger charge is 2.11. The number of aromatic nitrogens is 1. The molecular formula is C16H18N2O2. The Bertz CT molecular complexity index is 582. The first kappa shape index (κ1) is 12.9. The molecule has 2 aromatic rings. The van der Waals surface area contributed by atoms with Crippen molar-refractivity contribution in [2.45, 2.75) is 20.0 Å². The van der Waals surface area contributed by atoms with E-state index in [-0.39, 0.29) is 0 Å². The van der Waals surface area contributed by atoms with Gasteiger partial charge in [-0.3, -0.25) is 4.98 Å². The van der Waals surface area contributed by atoms with E-state index in [9.17, 15) is 0 Å². The standard InChI is InChI=1S/C16H18N2O2/c1-12-2-4-14(18-9-12)11-17-10-13-3-5-15-16(8-13)20-7-6-19-15/h2-5,8-9,17H,6-7,10-11H2,1H3. The maximum Gasteiger partial charge on any atom is 0.161 e. The Labute approximate surface area is 118 Å². The Morgan fingerprint density at radius 1 is 1.05 bits per heavy atom. The molecule has 1 aromatic carbocycles. The molecule has 0 unspecified atom stereocenters. The van der Waals surface area contributed by atoms with Crippen LogP contribution in [0.4, 0.5) is 0 Å². The van der Waals surface area contributed by atoms with Gasteiger partial charge in [0, 0.05) is 19.3 Å². The Morgan fingerprint density at radius 2 is 1.90 bits per heavy atom. The highest BCUT2D eigenvalue weighted by atomic mass is 16.6. The summed E-state index contributed by atoms with van der Waals surface area (Å²) >= 11 is 0. The van der Waals surface area contributed by atoms with Crippen LogP contribution in [0.1, 0.15) is 16.8 Å². The molecule has 4 nitrogen and oxygen atoms in total. The van der Waals surface area contributed by atoms with Crippen LogP contribution in [0.3, 0.4) is 0 Å². The predicted octanol–water partition coefficient (Wildman–Crippen LogP) is 2.45. The number of rotatable bonds is 4. The van der Waals surface area contributed by atoms with Crippen LogP contribution >= 0.6 is 0 Å². The molecule has 1 N–H and O–H groups in total. The molecule has 4 heteroatoms. The maximum atomic E-state index is 5.58. The Morgan fingerprint density at radius 3 is 2.70 bits per heavy atom. The van der Waals surface area contributed by atoms with Crippen LogP contribution in [0.15, 0.2) is 36.5 Å². The lowest BCUT2D eigenvalue weighted by Gasteiger charge is -2.19. The van der Waals surface area contributed by atoms with Crippen LogP contribution in [0, 0.1) is 6.92 Å². The van der Waals surface area contributed by atoms with Gasteiger partial charge in [0.25, 0.3) is 0 Å². The number of pyridine rings is 1. The molecule has 0 spiro atoms. The highest BCUT2D eigenvalue weighted by Crippen LogP contribution is 2.30. The van der Waals surface area contributed by atoms with E-state index in [0.717, 1.165) is 30.3 Å². The summed E-state index contributed by atoms with van der Waals surface area (Å²) in [6, 6.07) is 10.2. The second-order valence-electron chi connectivity index (χ2n) is 4.91. The molecule has 0 amide bonds. The first-order chi connectivity index (χ1) is 9.81. The Kier molecular flexibility index (Phi) is 3.83. The molecule has 0 fully saturated rings. The van der Waals surface area contributed by atoms with Crippen LogP contribution in [0.2, 0.25) is 0 Å². The molecule has 0 radical (unpaired) electrons. The Balaban J connectivity index is 1.57. The van der Waals surface area contributed by atoms with Crippen molar-refractivity contribution in [1.29, 1.82) is 0 Å². The van der Waals surface area contributed by atoms with Crippen molar-refractivity contribution >= 4 is 0 Å². The molecule has 2 heterocycles. The fourth-order valence-corrected chi connectivity index (χ4v) is 2.14. The minimum absolute atomic E-state index is 0.622. The fraction of sp³-hybridized carbons (Fsp3) is 0.312. The number of benzene rings is 1. The van der Waals surface area contributed by atoms with E-state index in [1.54, 1.807) is 0 Å². The lowest BCUT2D eigenvalue weighted by molar-refractivity contribution is 0.171. The third-order valence-electron chi connectivity index (χ3n) is 3.21. The number of hydrogen-bond donors (Lipinski definition) is 1. The van der Waals surface area contributed by atoms with Gasteiger partial charge in [0.2, 0.25) is 0 Å². The lowest BCUT2D eigenvalue weighted by Crippen LogP contribution is -2.17. The van der Waals surface area contributed by atoms with E-state index in [0.29, 0.717) is 13.2 Å². The molecule has 1 aliphatic rings. The number of fused-ring (bicyclic) bond motifs is 1. The molecule has 0 atom stereocenters. The highest BCUT2D eigenvalue weighted by molar-refractivity contribution is 5.43. The molecule has 0 bridgehead atoms. The van der Waals surface area contributed by atoms with E-state index < -0.39 is 0 Å². The molecule has 0 saturated carbocycles. The summed E-state index contributed by atoms with van der Waals surface area (Å²) in [5.74, 6) is 1.67. The van der Waals surface area contributed by atoms with E-state index in [1.807, 2.05) is 31.3 Å². The quantitative estimate of drug-likeness (QED) is 0.926. The van der Waals surface area contributed by atoms with Gasteiger partial charge in [-0.25, -0.2) is 0 Å². The van der Waals surface area contributed by atoms with Crippen LogP contribution < -0.4 is 14.8 Å². The number of ether oxygens (including phenoxy) is 2. The van der Waals surface area contributed by atoms with Crippen molar-refractivity contribution in [3.05, 3.63) is 53.3 Å². The minimum Gasteiger partial charge on any atom is -0.486 e. The normalized spacial score (nSPS) is 13.2. The summed E-state index contributed by atoms with van der Waals surface area (Å²) in [5.41, 5.74) is 3.41. The summed E-state index contributed by atoms with van der Waals surface area (Å²) in [5, 5.41) is 3.39. The van der Waals surface area contributed by atoms with Crippen molar-refractivity contribution in [3.8, 4) is 11.5 Å². The smallest absolute Gasteiger partial charge is 0.161 e. The zero-order chi connectivity index (χ0) is 13.8. The van der Waals surface area contributed by atoms with E-state index in [1.165, 1.54) is 11.1 Å². The lowest BCUT2D eigenvalue weighted by atomic mass is 10.2. The number of nitrogens with one attached hydrogen (secondary N) is 1. The monoisotopic (exact) mass is 270 g/mol. The van der Waals surface area contributed by atoms with Gasteiger partial charge in [0.15, 0.2) is 11.5 Å². The molecular weight excluding hydrogens is 252 g/mol. The first-order valence-corrected chi connectivity index (χ1v) is 6.82. The van der Waals surface area contributed by atoms with Crippen molar-refractivity contribution in [2.75, 3.05) is 13.2 Å². The van der Waals surface area contributed by atoms with E-state index in [4.69, 9.17) is 9.47 Å². The molecule has 3 rings (SSSR count). The number of aryl methyl sites for hydroxylation is 1. The molecule has 1 aliphatic heterocycles. The second kappa shape index (κ2) is 5.92. The van der Waals surface area contributed by atoms with Gasteiger partial charge < -0.3 is 14.8 Å². The zero-order valence-electron chi connectivity index (χ0n) is 11.6. The van der Waals surface area contributed by atoms with Crippen molar-refractivity contribution in [3.63, 3.8) is 0 Å². The van der Waals surface area contributed by atoms with Crippen molar-refractivity contribution in [2.24, 2.45) is 0 Å². The van der Waals surface area contributed by atoms with Crippen LogP contribution in [0.5, 0.6) is 11.5 Å². The van der Waals surface area contributed by atoms with Gasteiger partial charge in [-0.05, 0) is 36.2 Å². The summed E-state index contributed by atoms with van der Waals surface area (Å²) < 4.78 is 11.1. The topological polar surface area (TPSA) is 43.4 Å². The third kappa shape index (κ3) is 3.08. The summed E-state index contributed by atoms with van der Waals surface area (Å²) in [6.07, 6.45) is 1.89. The van der Waals surface area contributed by atoms with Crippen molar-refractivity contribution < 1.29 is 9.47 Å². The molecule has 20 heavy (non-hydrogen) atoms. The summed E-state index contributed by atoms with van der Waals surface area (Å²) in [7, 11) is 0. The minimum atomic E-state index is 0.622. The van der Waals surface area contributed by atoms with Gasteiger partial charge in [-0.2, -0.15) is 0 Å². The molecule has 0 aliphatic carbocycles. The van der Waals surface area contributed by atoms with Gasteiger partial charge in [-0.15, -0.1) is 0 Å². The van der Waals surface area contributed by atoms with Crippen LogP contribution in [-0.2, 0) is 13.1 Å². The van der Waals surface area contributed by atoms with Gasteiger partial charge in [0.1, 0.15) is 13.2 Å². The predicted molar refractivity (Wildman–Crippen MR) is 76.9 cm³/mol. The first-order valence-electron chi connectivity index (χ1n) is 6.82. The molecule has 0 saturated heterocycles. The maximum absolute atomic E-state index is 5.58. The largest absolute Gasteiger partial charge is 0.486 e. The van der Waals surface area contributed by atoms with Gasteiger partial charge in [0.05, 0.1) is 5.69 Å². The number of nitrogens with zero attached hydrogens (tertiary/aromatic N) is 1. The fourth-order valence-electron chi connectivity index (χ4n) is 2.14. The summed E-state index contributed by atoms with van der Waals surface area (Å²) in [4.78, 5) is 4.37. The molecule has 104 valence electrons. The van der Waals surface area contributed by atoms with Crippen LogP contribution in [-0.4, -0.2) is 18.2 Å². The average Bonchev–Trinajstić information content (AvgIpc) is 2.49. The van der Waals surface area contributed by atoms with Gasteiger partial charge in [-0.1, -0.05) is 12.1 Å². The molecule has 1 aromatic heterocycles. The average molecular weight is 270 g/mol. The number of hydrogen-bond acceptors (Lipinski definition) is 4. The second-order valence-corrected chi connectivity index (χ2v) is 4.91. The Hall–Kier alpha value is -2.07. The van der Waals surface area contributed by atoms with Crippen LogP contribution in [0.25, 0.3) is 0 Å². The zero-order valence-corrected chi connectivity index (χ0v) is 11.6. The third-order valence-corrected chi connectivity index (χ3v) is 3.21. The van der Waals surface area contributed by atoms with Crippen molar-refractivity contribution in [1.82, 2.24) is 10.3 Å². The van der Waals surface area contributed by atoms with Gasteiger partial charge >= 0.3 is 0 Å². The van der Waals surface area contributed by atoms with E-state index in [2.05, 4.69) is 22.4 Å². The summed E-state index contributed by atoms with van der Waals surface area (Å²) in [6.45, 7) is 4.83.